The first-order valence-electron chi connectivity index (χ1n) is 6.72. The Morgan fingerprint density at radius 1 is 1.37 bits per heavy atom. The van der Waals surface area contributed by atoms with Crippen molar-refractivity contribution in [3.05, 3.63) is 39.4 Å². The highest BCUT2D eigenvalue weighted by molar-refractivity contribution is 5.44. The lowest BCUT2D eigenvalue weighted by Crippen LogP contribution is -2.34. The van der Waals surface area contributed by atoms with Crippen molar-refractivity contribution < 1.29 is 10.0 Å². The summed E-state index contributed by atoms with van der Waals surface area (Å²) in [6, 6.07) is 5.59. The summed E-state index contributed by atoms with van der Waals surface area (Å²) < 4.78 is 0. The van der Waals surface area contributed by atoms with E-state index in [1.807, 2.05) is 6.07 Å². The lowest BCUT2D eigenvalue weighted by atomic mass is 9.93. The van der Waals surface area contributed by atoms with Crippen LogP contribution >= 0.6 is 0 Å². The van der Waals surface area contributed by atoms with Gasteiger partial charge >= 0.3 is 0 Å². The highest BCUT2D eigenvalue weighted by Crippen LogP contribution is 2.22. The summed E-state index contributed by atoms with van der Waals surface area (Å²) in [6.45, 7) is 2.44. The average Bonchev–Trinajstić information content (AvgIpc) is 2.39. The monoisotopic (exact) mass is 264 g/mol. The Kier molecular flexibility index (Phi) is 4.50. The summed E-state index contributed by atoms with van der Waals surface area (Å²) in [5.74, 6) is 0. The minimum Gasteiger partial charge on any atom is -0.393 e. The minimum absolute atomic E-state index is 0.155. The van der Waals surface area contributed by atoms with Gasteiger partial charge in [0.15, 0.2) is 0 Å². The molecule has 0 aromatic heterocycles. The van der Waals surface area contributed by atoms with Crippen molar-refractivity contribution in [3.8, 4) is 0 Å². The molecule has 0 bridgehead atoms. The normalized spacial score (nSPS) is 23.3. The Balaban J connectivity index is 1.96. The van der Waals surface area contributed by atoms with Gasteiger partial charge in [-0.3, -0.25) is 10.1 Å². The average molecular weight is 264 g/mol. The number of nitro benzene ring substituents is 1. The summed E-state index contributed by atoms with van der Waals surface area (Å²) in [5.41, 5.74) is 1.88. The molecule has 1 fully saturated rings. The molecule has 2 rings (SSSR count). The van der Waals surface area contributed by atoms with E-state index in [1.54, 1.807) is 13.0 Å². The molecule has 1 saturated carbocycles. The van der Waals surface area contributed by atoms with Crippen molar-refractivity contribution in [1.29, 1.82) is 0 Å². The number of rotatable bonds is 4. The summed E-state index contributed by atoms with van der Waals surface area (Å²) in [6.07, 6.45) is 3.46. The van der Waals surface area contributed by atoms with Crippen LogP contribution in [0.1, 0.15) is 36.8 Å². The topological polar surface area (TPSA) is 75.4 Å². The zero-order valence-corrected chi connectivity index (χ0v) is 11.1. The van der Waals surface area contributed by atoms with Gasteiger partial charge in [0.2, 0.25) is 0 Å². The number of aliphatic hydroxyl groups excluding tert-OH is 1. The molecule has 5 heteroatoms. The van der Waals surface area contributed by atoms with Crippen LogP contribution in [-0.4, -0.2) is 22.2 Å². The van der Waals surface area contributed by atoms with E-state index in [1.165, 1.54) is 6.07 Å². The van der Waals surface area contributed by atoms with Gasteiger partial charge in [0.05, 0.1) is 11.0 Å². The molecule has 0 atom stereocenters. The fourth-order valence-corrected chi connectivity index (χ4v) is 2.59. The Labute approximate surface area is 112 Å². The van der Waals surface area contributed by atoms with Gasteiger partial charge in [-0.25, -0.2) is 0 Å². The number of benzene rings is 1. The molecule has 0 radical (unpaired) electrons. The summed E-state index contributed by atoms with van der Waals surface area (Å²) in [7, 11) is 0. The van der Waals surface area contributed by atoms with Crippen molar-refractivity contribution in [3.63, 3.8) is 0 Å². The lowest BCUT2D eigenvalue weighted by Gasteiger charge is -2.26. The van der Waals surface area contributed by atoms with Gasteiger partial charge in [-0.05, 0) is 38.2 Å². The molecule has 0 heterocycles. The third-order valence-corrected chi connectivity index (χ3v) is 3.89. The van der Waals surface area contributed by atoms with Crippen LogP contribution in [0.25, 0.3) is 0 Å². The van der Waals surface area contributed by atoms with Crippen LogP contribution in [0.5, 0.6) is 0 Å². The number of nitrogens with one attached hydrogen (secondary N) is 1. The van der Waals surface area contributed by atoms with Crippen molar-refractivity contribution in [1.82, 2.24) is 5.32 Å². The second-order valence-corrected chi connectivity index (χ2v) is 5.20. The molecule has 2 N–H and O–H groups in total. The van der Waals surface area contributed by atoms with E-state index >= 15 is 0 Å². The van der Waals surface area contributed by atoms with Crippen molar-refractivity contribution >= 4 is 5.69 Å². The second kappa shape index (κ2) is 6.12. The molecule has 104 valence electrons. The van der Waals surface area contributed by atoms with Gasteiger partial charge in [0.25, 0.3) is 5.69 Å². The van der Waals surface area contributed by atoms with Crippen molar-refractivity contribution in [2.24, 2.45) is 0 Å². The third-order valence-electron chi connectivity index (χ3n) is 3.89. The molecule has 0 spiro atoms. The van der Waals surface area contributed by atoms with Crippen molar-refractivity contribution in [2.75, 3.05) is 0 Å². The quantitative estimate of drug-likeness (QED) is 0.646. The maximum atomic E-state index is 10.9. The number of hydrogen-bond acceptors (Lipinski definition) is 4. The van der Waals surface area contributed by atoms with Gasteiger partial charge in [-0.15, -0.1) is 0 Å². The molecule has 0 aliphatic heterocycles. The number of nitrogens with zero attached hydrogens (tertiary/aromatic N) is 1. The molecular formula is C14H20N2O3. The van der Waals surface area contributed by atoms with E-state index in [-0.39, 0.29) is 16.7 Å². The molecule has 1 aliphatic rings. The molecule has 0 saturated heterocycles. The van der Waals surface area contributed by atoms with E-state index < -0.39 is 0 Å². The summed E-state index contributed by atoms with van der Waals surface area (Å²) in [5, 5.41) is 23.8. The number of nitro groups is 1. The molecule has 0 amide bonds. The minimum atomic E-state index is -0.338. The maximum Gasteiger partial charge on any atom is 0.272 e. The second-order valence-electron chi connectivity index (χ2n) is 5.20. The van der Waals surface area contributed by atoms with E-state index in [2.05, 4.69) is 5.32 Å². The first-order chi connectivity index (χ1) is 9.08. The molecular weight excluding hydrogens is 244 g/mol. The van der Waals surface area contributed by atoms with Gasteiger partial charge in [0, 0.05) is 24.2 Å². The molecule has 0 unspecified atom stereocenters. The van der Waals surface area contributed by atoms with E-state index in [9.17, 15) is 15.2 Å². The van der Waals surface area contributed by atoms with Crippen LogP contribution in [-0.2, 0) is 6.54 Å². The Morgan fingerprint density at radius 3 is 2.68 bits per heavy atom. The van der Waals surface area contributed by atoms with E-state index in [0.29, 0.717) is 12.6 Å². The molecule has 5 nitrogen and oxygen atoms in total. The highest BCUT2D eigenvalue weighted by Gasteiger charge is 2.19. The smallest absolute Gasteiger partial charge is 0.272 e. The Hall–Kier alpha value is -1.46. The summed E-state index contributed by atoms with van der Waals surface area (Å²) in [4.78, 5) is 10.5. The van der Waals surface area contributed by atoms with Crippen LogP contribution in [0.15, 0.2) is 18.2 Å². The van der Waals surface area contributed by atoms with Crippen LogP contribution in [0.2, 0.25) is 0 Å². The van der Waals surface area contributed by atoms with Crippen LogP contribution in [0, 0.1) is 17.0 Å². The predicted molar refractivity (Wildman–Crippen MR) is 72.9 cm³/mol. The summed E-state index contributed by atoms with van der Waals surface area (Å²) >= 11 is 0. The van der Waals surface area contributed by atoms with Crippen LogP contribution in [0.4, 0.5) is 5.69 Å². The highest BCUT2D eigenvalue weighted by atomic mass is 16.6. The van der Waals surface area contributed by atoms with Gasteiger partial charge in [-0.2, -0.15) is 0 Å². The Morgan fingerprint density at radius 2 is 2.05 bits per heavy atom. The zero-order valence-electron chi connectivity index (χ0n) is 11.1. The SMILES string of the molecule is Cc1c(CNC2CCC(O)CC2)cccc1[N+](=O)[O-]. The molecule has 19 heavy (non-hydrogen) atoms. The van der Waals surface area contributed by atoms with Gasteiger partial charge in [-0.1, -0.05) is 12.1 Å². The lowest BCUT2D eigenvalue weighted by molar-refractivity contribution is -0.385. The van der Waals surface area contributed by atoms with Crippen LogP contribution < -0.4 is 5.32 Å². The van der Waals surface area contributed by atoms with Gasteiger partial charge < -0.3 is 10.4 Å². The van der Waals surface area contributed by atoms with Crippen molar-refractivity contribution in [2.45, 2.75) is 51.3 Å². The fourth-order valence-electron chi connectivity index (χ4n) is 2.59. The first kappa shape index (κ1) is 14.0. The van der Waals surface area contributed by atoms with Gasteiger partial charge in [0.1, 0.15) is 0 Å². The predicted octanol–water partition coefficient (Wildman–Crippen LogP) is 2.30. The number of hydrogen-bond donors (Lipinski definition) is 2. The standard InChI is InChI=1S/C14H20N2O3/c1-10-11(3-2-4-14(10)16(18)19)9-15-12-5-7-13(17)8-6-12/h2-4,12-13,15,17H,5-9H2,1H3. The Bertz CT molecular complexity index is 454. The molecule has 1 aromatic rings. The van der Waals surface area contributed by atoms with Crippen LogP contribution in [0.3, 0.4) is 0 Å². The molecule has 1 aromatic carbocycles. The number of aliphatic hydroxyl groups is 1. The largest absolute Gasteiger partial charge is 0.393 e. The zero-order chi connectivity index (χ0) is 13.8. The maximum absolute atomic E-state index is 10.9. The first-order valence-corrected chi connectivity index (χ1v) is 6.72. The van der Waals surface area contributed by atoms with E-state index in [4.69, 9.17) is 0 Å². The van der Waals surface area contributed by atoms with E-state index in [0.717, 1.165) is 36.8 Å². The fraction of sp³-hybridized carbons (Fsp3) is 0.571. The molecule has 1 aliphatic carbocycles. The third kappa shape index (κ3) is 3.52.